The van der Waals surface area contributed by atoms with E-state index in [9.17, 15) is 15.0 Å². The van der Waals surface area contributed by atoms with E-state index in [-0.39, 0.29) is 22.8 Å². The minimum atomic E-state index is -0.947. The lowest BCUT2D eigenvalue weighted by Gasteiger charge is -2.34. The maximum absolute atomic E-state index is 12.6. The van der Waals surface area contributed by atoms with Crippen LogP contribution in [0.1, 0.15) is 54.6 Å². The van der Waals surface area contributed by atoms with Gasteiger partial charge >= 0.3 is 0 Å². The largest absolute Gasteiger partial charge is 0.515 e. The molecule has 1 atom stereocenters. The molecule has 136 valence electrons. The molecule has 2 aromatic rings. The number of phenolic OH excluding ortho intramolecular Hbond substituents is 1. The number of aryl methyl sites for hydroxylation is 1. The van der Waals surface area contributed by atoms with Gasteiger partial charge in [0.05, 0.1) is 11.8 Å². The number of aliphatic hydroxyl groups excluding tert-OH is 1. The average molecular weight is 352 g/mol. The first kappa shape index (κ1) is 18.1. The minimum absolute atomic E-state index is 0.107. The van der Waals surface area contributed by atoms with Gasteiger partial charge in [-0.25, -0.2) is 0 Å². The van der Waals surface area contributed by atoms with E-state index >= 15 is 0 Å². The van der Waals surface area contributed by atoms with E-state index < -0.39 is 11.4 Å². The number of ketones is 1. The number of hydrogen-bond acceptors (Lipinski definition) is 4. The molecule has 0 radical (unpaired) electrons. The Hall–Kier alpha value is -2.75. The zero-order chi connectivity index (χ0) is 18.9. The van der Waals surface area contributed by atoms with Crippen LogP contribution < -0.4 is 4.74 Å². The second-order valence-corrected chi connectivity index (χ2v) is 7.32. The first-order valence-electron chi connectivity index (χ1n) is 8.83. The topological polar surface area (TPSA) is 66.8 Å². The van der Waals surface area contributed by atoms with Crippen LogP contribution in [0.5, 0.6) is 11.5 Å². The number of aliphatic hydroxyl groups is 1. The standard InChI is InChI=1S/C22H24O4/c1-14(9-10-15-7-5-4-6-8-15)16-11-18(24)20-19(12-16)26-22(2,3)17(13-23)21(20)25/h4-8,11-14,23-24H,9-10H2,1-3H3. The number of hydrogen-bond donors (Lipinski definition) is 2. The summed E-state index contributed by atoms with van der Waals surface area (Å²) in [7, 11) is 0. The Balaban J connectivity index is 1.88. The summed E-state index contributed by atoms with van der Waals surface area (Å²) in [6.07, 6.45) is 2.62. The number of ether oxygens (including phenoxy) is 1. The van der Waals surface area contributed by atoms with Gasteiger partial charge in [-0.15, -0.1) is 0 Å². The summed E-state index contributed by atoms with van der Waals surface area (Å²) in [5.41, 5.74) is 1.50. The Morgan fingerprint density at radius 2 is 1.88 bits per heavy atom. The Kier molecular flexibility index (Phi) is 4.77. The van der Waals surface area contributed by atoms with Gasteiger partial charge in [0.25, 0.3) is 0 Å². The predicted molar refractivity (Wildman–Crippen MR) is 101 cm³/mol. The minimum Gasteiger partial charge on any atom is -0.515 e. The summed E-state index contributed by atoms with van der Waals surface area (Å²) in [5.74, 6) is 0.0545. The van der Waals surface area contributed by atoms with Gasteiger partial charge in [-0.05, 0) is 55.9 Å². The summed E-state index contributed by atoms with van der Waals surface area (Å²) in [6.45, 7) is 5.54. The molecule has 0 saturated carbocycles. The third-order valence-electron chi connectivity index (χ3n) is 5.00. The van der Waals surface area contributed by atoms with Crippen LogP contribution in [-0.2, 0) is 6.42 Å². The summed E-state index contributed by atoms with van der Waals surface area (Å²) >= 11 is 0. The fourth-order valence-electron chi connectivity index (χ4n) is 3.36. The molecule has 4 heteroatoms. The van der Waals surface area contributed by atoms with E-state index in [1.165, 1.54) is 5.56 Å². The van der Waals surface area contributed by atoms with Crippen molar-refractivity contribution in [1.82, 2.24) is 0 Å². The lowest BCUT2D eigenvalue weighted by atomic mass is 9.85. The highest BCUT2D eigenvalue weighted by molar-refractivity contribution is 6.14. The number of phenols is 1. The monoisotopic (exact) mass is 352 g/mol. The molecule has 3 rings (SSSR count). The Morgan fingerprint density at radius 1 is 1.19 bits per heavy atom. The smallest absolute Gasteiger partial charge is 0.203 e. The maximum atomic E-state index is 12.6. The fraction of sp³-hybridized carbons (Fsp3) is 0.318. The maximum Gasteiger partial charge on any atom is 0.203 e. The summed E-state index contributed by atoms with van der Waals surface area (Å²) in [6, 6.07) is 13.7. The zero-order valence-corrected chi connectivity index (χ0v) is 15.3. The number of Topliss-reactive ketones (excluding diaryl/α,β-unsaturated/α-hetero) is 1. The van der Waals surface area contributed by atoms with Crippen LogP contribution in [0.4, 0.5) is 0 Å². The van der Waals surface area contributed by atoms with Crippen LogP contribution in [0.2, 0.25) is 0 Å². The van der Waals surface area contributed by atoms with Gasteiger partial charge in [0, 0.05) is 0 Å². The third-order valence-corrected chi connectivity index (χ3v) is 5.00. The molecule has 1 unspecified atom stereocenters. The third kappa shape index (κ3) is 3.32. The van der Waals surface area contributed by atoms with Crippen LogP contribution >= 0.6 is 0 Å². The molecule has 0 aliphatic carbocycles. The Labute approximate surface area is 153 Å². The lowest BCUT2D eigenvalue weighted by molar-refractivity contribution is 0.0838. The van der Waals surface area contributed by atoms with Crippen molar-refractivity contribution in [3.8, 4) is 11.5 Å². The van der Waals surface area contributed by atoms with Crippen molar-refractivity contribution in [1.29, 1.82) is 0 Å². The molecule has 2 N–H and O–H groups in total. The predicted octanol–water partition coefficient (Wildman–Crippen LogP) is 4.92. The van der Waals surface area contributed by atoms with E-state index in [1.807, 2.05) is 24.3 Å². The number of rotatable bonds is 4. The van der Waals surface area contributed by atoms with Crippen molar-refractivity contribution in [2.45, 2.75) is 45.1 Å². The molecule has 26 heavy (non-hydrogen) atoms. The first-order chi connectivity index (χ1) is 12.3. The van der Waals surface area contributed by atoms with Gasteiger partial charge in [-0.1, -0.05) is 37.3 Å². The van der Waals surface area contributed by atoms with Crippen molar-refractivity contribution < 1.29 is 19.7 Å². The van der Waals surface area contributed by atoms with Crippen molar-refractivity contribution >= 4 is 5.78 Å². The number of benzene rings is 2. The van der Waals surface area contributed by atoms with Crippen LogP contribution in [0.3, 0.4) is 0 Å². The number of carbonyl (C=O) groups excluding carboxylic acids is 1. The summed E-state index contributed by atoms with van der Waals surface area (Å²) in [4.78, 5) is 12.6. The molecular formula is C22H24O4. The number of aromatic hydroxyl groups is 1. The van der Waals surface area contributed by atoms with Crippen LogP contribution in [-0.4, -0.2) is 21.6 Å². The van der Waals surface area contributed by atoms with Crippen molar-refractivity contribution in [2.24, 2.45) is 0 Å². The second kappa shape index (κ2) is 6.87. The molecule has 0 aromatic heterocycles. The van der Waals surface area contributed by atoms with Crippen LogP contribution in [0.15, 0.2) is 54.3 Å². The van der Waals surface area contributed by atoms with Crippen molar-refractivity contribution in [3.63, 3.8) is 0 Å². The number of fused-ring (bicyclic) bond motifs is 1. The fourth-order valence-corrected chi connectivity index (χ4v) is 3.36. The molecule has 1 aliphatic rings. The summed E-state index contributed by atoms with van der Waals surface area (Å²) < 4.78 is 5.92. The molecule has 0 amide bonds. The van der Waals surface area contributed by atoms with Gasteiger partial charge < -0.3 is 14.9 Å². The summed E-state index contributed by atoms with van der Waals surface area (Å²) in [5, 5.41) is 19.8. The lowest BCUT2D eigenvalue weighted by Crippen LogP contribution is -2.39. The van der Waals surface area contributed by atoms with E-state index in [0.29, 0.717) is 5.75 Å². The van der Waals surface area contributed by atoms with E-state index in [0.717, 1.165) is 24.7 Å². The van der Waals surface area contributed by atoms with Gasteiger partial charge in [-0.3, -0.25) is 4.79 Å². The van der Waals surface area contributed by atoms with Crippen LogP contribution in [0, 0.1) is 0 Å². The molecule has 0 spiro atoms. The molecule has 0 saturated heterocycles. The van der Waals surface area contributed by atoms with E-state index in [1.54, 1.807) is 19.9 Å². The SMILES string of the molecule is CC(CCc1ccccc1)c1cc(O)c2c(c1)OC(C)(C)C(=CO)C2=O. The zero-order valence-electron chi connectivity index (χ0n) is 15.3. The molecule has 1 aliphatic heterocycles. The van der Waals surface area contributed by atoms with Gasteiger partial charge in [0.1, 0.15) is 22.7 Å². The number of carbonyl (C=O) groups is 1. The van der Waals surface area contributed by atoms with E-state index in [4.69, 9.17) is 4.74 Å². The highest BCUT2D eigenvalue weighted by Crippen LogP contribution is 2.42. The molecule has 1 heterocycles. The molecule has 0 bridgehead atoms. The average Bonchev–Trinajstić information content (AvgIpc) is 2.59. The highest BCUT2D eigenvalue weighted by atomic mass is 16.5. The Bertz CT molecular complexity index is 850. The molecule has 2 aromatic carbocycles. The van der Waals surface area contributed by atoms with E-state index in [2.05, 4.69) is 19.1 Å². The normalized spacial score (nSPS) is 18.3. The Morgan fingerprint density at radius 3 is 2.54 bits per heavy atom. The second-order valence-electron chi connectivity index (χ2n) is 7.32. The molecular weight excluding hydrogens is 328 g/mol. The van der Waals surface area contributed by atoms with Gasteiger partial charge in [0.15, 0.2) is 0 Å². The molecule has 0 fully saturated rings. The molecule has 4 nitrogen and oxygen atoms in total. The van der Waals surface area contributed by atoms with Crippen LogP contribution in [0.25, 0.3) is 0 Å². The van der Waals surface area contributed by atoms with Crippen molar-refractivity contribution in [2.75, 3.05) is 0 Å². The quantitative estimate of drug-likeness (QED) is 0.605. The first-order valence-corrected chi connectivity index (χ1v) is 8.83. The van der Waals surface area contributed by atoms with Gasteiger partial charge in [0.2, 0.25) is 5.78 Å². The van der Waals surface area contributed by atoms with Gasteiger partial charge in [-0.2, -0.15) is 0 Å². The highest BCUT2D eigenvalue weighted by Gasteiger charge is 2.40. The van der Waals surface area contributed by atoms with Crippen molar-refractivity contribution in [3.05, 3.63) is 71.0 Å².